The summed E-state index contributed by atoms with van der Waals surface area (Å²) < 4.78 is 28.1. The summed E-state index contributed by atoms with van der Waals surface area (Å²) in [5.41, 5.74) is 0. The zero-order valence-corrected chi connectivity index (χ0v) is 11.7. The van der Waals surface area contributed by atoms with Crippen LogP contribution in [0.1, 0.15) is 0 Å². The molecule has 5 nitrogen and oxygen atoms in total. The molecule has 17 heavy (non-hydrogen) atoms. The maximum atomic E-state index is 11.9. The standard InChI is InChI=1S/C8H7Cl2N3O2S2/c1-13-3-2-7(11-13)12-17(14,15)5-4-6(9)16-8(5)10/h2-4H,1H3,(H,11,12). The fourth-order valence-electron chi connectivity index (χ4n) is 1.17. The Morgan fingerprint density at radius 2 is 2.18 bits per heavy atom. The molecule has 0 bridgehead atoms. The molecular weight excluding hydrogens is 305 g/mol. The number of halogens is 2. The molecule has 0 radical (unpaired) electrons. The molecule has 0 aliphatic heterocycles. The second-order valence-electron chi connectivity index (χ2n) is 3.17. The second kappa shape index (κ2) is 4.49. The lowest BCUT2D eigenvalue weighted by Crippen LogP contribution is -2.13. The minimum absolute atomic E-state index is 0.0418. The van der Waals surface area contributed by atoms with Gasteiger partial charge in [-0.3, -0.25) is 9.40 Å². The maximum absolute atomic E-state index is 11.9. The van der Waals surface area contributed by atoms with Crippen LogP contribution in [0.3, 0.4) is 0 Å². The molecule has 2 aromatic rings. The number of hydrogen-bond donors (Lipinski definition) is 1. The Morgan fingerprint density at radius 1 is 1.47 bits per heavy atom. The third-order valence-electron chi connectivity index (χ3n) is 1.87. The molecule has 92 valence electrons. The van der Waals surface area contributed by atoms with Crippen LogP contribution in [0.5, 0.6) is 0 Å². The van der Waals surface area contributed by atoms with E-state index in [9.17, 15) is 8.42 Å². The highest BCUT2D eigenvalue weighted by atomic mass is 35.5. The normalized spacial score (nSPS) is 11.7. The number of sulfonamides is 1. The molecule has 0 atom stereocenters. The van der Waals surface area contributed by atoms with Crippen LogP contribution in [-0.4, -0.2) is 18.2 Å². The van der Waals surface area contributed by atoms with Gasteiger partial charge in [0, 0.05) is 19.3 Å². The van der Waals surface area contributed by atoms with Crippen molar-refractivity contribution in [2.24, 2.45) is 7.05 Å². The lowest BCUT2D eigenvalue weighted by molar-refractivity contribution is 0.601. The minimum Gasteiger partial charge on any atom is -0.274 e. The molecule has 0 aliphatic rings. The molecule has 0 aliphatic carbocycles. The lowest BCUT2D eigenvalue weighted by Gasteiger charge is -2.03. The van der Waals surface area contributed by atoms with Crippen molar-refractivity contribution in [1.82, 2.24) is 9.78 Å². The van der Waals surface area contributed by atoms with Crippen molar-refractivity contribution in [2.75, 3.05) is 4.72 Å². The fourth-order valence-corrected chi connectivity index (χ4v) is 4.32. The number of aromatic nitrogens is 2. The van der Waals surface area contributed by atoms with Gasteiger partial charge in [-0.05, 0) is 6.07 Å². The third kappa shape index (κ3) is 2.74. The van der Waals surface area contributed by atoms with Crippen molar-refractivity contribution in [1.29, 1.82) is 0 Å². The Kier molecular flexibility index (Phi) is 3.35. The molecular formula is C8H7Cl2N3O2S2. The highest BCUT2D eigenvalue weighted by Gasteiger charge is 2.21. The van der Waals surface area contributed by atoms with E-state index >= 15 is 0 Å². The van der Waals surface area contributed by atoms with Gasteiger partial charge in [-0.15, -0.1) is 11.3 Å². The lowest BCUT2D eigenvalue weighted by atomic mass is 10.7. The number of anilines is 1. The first-order valence-electron chi connectivity index (χ1n) is 4.36. The Morgan fingerprint density at radius 3 is 2.65 bits per heavy atom. The van der Waals surface area contributed by atoms with Crippen LogP contribution in [0.15, 0.2) is 23.2 Å². The third-order valence-corrected chi connectivity index (χ3v) is 4.98. The second-order valence-corrected chi connectivity index (χ2v) is 7.11. The van der Waals surface area contributed by atoms with Crippen molar-refractivity contribution in [3.63, 3.8) is 0 Å². The minimum atomic E-state index is -3.74. The predicted octanol–water partition coefficient (Wildman–Crippen LogP) is 2.59. The summed E-state index contributed by atoms with van der Waals surface area (Å²) in [5.74, 6) is 0.228. The fraction of sp³-hybridized carbons (Fsp3) is 0.125. The first kappa shape index (κ1) is 12.7. The van der Waals surface area contributed by atoms with Gasteiger partial charge in [-0.2, -0.15) is 5.10 Å². The zero-order valence-electron chi connectivity index (χ0n) is 8.52. The molecule has 0 amide bonds. The number of aryl methyl sites for hydroxylation is 1. The largest absolute Gasteiger partial charge is 0.274 e. The van der Waals surface area contributed by atoms with E-state index in [-0.39, 0.29) is 15.0 Å². The van der Waals surface area contributed by atoms with Gasteiger partial charge in [0.15, 0.2) is 5.82 Å². The van der Waals surface area contributed by atoms with E-state index in [1.807, 2.05) is 0 Å². The average molecular weight is 312 g/mol. The molecule has 0 saturated carbocycles. The van der Waals surface area contributed by atoms with Crippen molar-refractivity contribution in [3.8, 4) is 0 Å². The number of nitrogens with zero attached hydrogens (tertiary/aromatic N) is 2. The van der Waals surface area contributed by atoms with Crippen molar-refractivity contribution in [3.05, 3.63) is 27.0 Å². The van der Waals surface area contributed by atoms with Gasteiger partial charge in [0.25, 0.3) is 10.0 Å². The van der Waals surface area contributed by atoms with Crippen LogP contribution < -0.4 is 4.72 Å². The molecule has 0 saturated heterocycles. The highest BCUT2D eigenvalue weighted by Crippen LogP contribution is 2.34. The van der Waals surface area contributed by atoms with E-state index in [4.69, 9.17) is 23.2 Å². The molecule has 9 heteroatoms. The first-order chi connectivity index (χ1) is 7.88. The average Bonchev–Trinajstić information content (AvgIpc) is 2.72. The van der Waals surface area contributed by atoms with E-state index in [1.54, 1.807) is 19.3 Å². The van der Waals surface area contributed by atoms with Gasteiger partial charge in [0.1, 0.15) is 9.23 Å². The van der Waals surface area contributed by atoms with Crippen LogP contribution in [-0.2, 0) is 17.1 Å². The molecule has 2 heterocycles. The molecule has 0 spiro atoms. The van der Waals surface area contributed by atoms with Gasteiger partial charge in [0.2, 0.25) is 0 Å². The number of thiophene rings is 1. The highest BCUT2D eigenvalue weighted by molar-refractivity contribution is 7.93. The summed E-state index contributed by atoms with van der Waals surface area (Å²) >= 11 is 12.5. The monoisotopic (exact) mass is 311 g/mol. The van der Waals surface area contributed by atoms with Gasteiger partial charge >= 0.3 is 0 Å². The summed E-state index contributed by atoms with van der Waals surface area (Å²) in [4.78, 5) is -0.0418. The summed E-state index contributed by atoms with van der Waals surface area (Å²) in [6, 6.07) is 2.85. The summed E-state index contributed by atoms with van der Waals surface area (Å²) in [7, 11) is -2.05. The van der Waals surface area contributed by atoms with Crippen LogP contribution in [0.25, 0.3) is 0 Å². The van der Waals surface area contributed by atoms with Crippen LogP contribution in [0.4, 0.5) is 5.82 Å². The van der Waals surface area contributed by atoms with Gasteiger partial charge < -0.3 is 0 Å². The molecule has 0 unspecified atom stereocenters. The Bertz CT molecular complexity index is 648. The summed E-state index contributed by atoms with van der Waals surface area (Å²) in [5, 5.41) is 3.91. The van der Waals surface area contributed by atoms with Crippen molar-refractivity contribution < 1.29 is 8.42 Å². The number of rotatable bonds is 3. The van der Waals surface area contributed by atoms with E-state index in [0.29, 0.717) is 4.34 Å². The Balaban J connectivity index is 2.34. The zero-order chi connectivity index (χ0) is 12.6. The van der Waals surface area contributed by atoms with Gasteiger partial charge in [0.05, 0.1) is 4.34 Å². The van der Waals surface area contributed by atoms with Crippen molar-refractivity contribution >= 4 is 50.4 Å². The maximum Gasteiger partial charge on any atom is 0.265 e. The van der Waals surface area contributed by atoms with E-state index in [2.05, 4.69) is 9.82 Å². The predicted molar refractivity (Wildman–Crippen MR) is 68.4 cm³/mol. The smallest absolute Gasteiger partial charge is 0.265 e. The van der Waals surface area contributed by atoms with E-state index < -0.39 is 10.0 Å². The number of hydrogen-bond acceptors (Lipinski definition) is 4. The Hall–Kier alpha value is -0.760. The van der Waals surface area contributed by atoms with Crippen molar-refractivity contribution in [2.45, 2.75) is 4.90 Å². The van der Waals surface area contributed by atoms with E-state index in [1.165, 1.54) is 10.7 Å². The van der Waals surface area contributed by atoms with Crippen LogP contribution in [0, 0.1) is 0 Å². The molecule has 1 N–H and O–H groups in total. The summed E-state index contributed by atoms with van der Waals surface area (Å²) in [6.07, 6.45) is 1.63. The van der Waals surface area contributed by atoms with Crippen LogP contribution in [0.2, 0.25) is 8.67 Å². The quantitative estimate of drug-likeness (QED) is 0.947. The molecule has 0 aromatic carbocycles. The van der Waals surface area contributed by atoms with Crippen LogP contribution >= 0.6 is 34.5 Å². The SMILES string of the molecule is Cn1ccc(NS(=O)(=O)c2cc(Cl)sc2Cl)n1. The topological polar surface area (TPSA) is 64.0 Å². The Labute approximate surface area is 112 Å². The number of nitrogens with one attached hydrogen (secondary N) is 1. The first-order valence-corrected chi connectivity index (χ1v) is 7.41. The van der Waals surface area contributed by atoms with E-state index in [0.717, 1.165) is 11.3 Å². The summed E-state index contributed by atoms with van der Waals surface area (Å²) in [6.45, 7) is 0. The molecule has 0 fully saturated rings. The van der Waals surface area contributed by atoms with Gasteiger partial charge in [-0.1, -0.05) is 23.2 Å². The molecule has 2 rings (SSSR count). The molecule has 2 aromatic heterocycles. The van der Waals surface area contributed by atoms with Gasteiger partial charge in [-0.25, -0.2) is 8.42 Å².